The summed E-state index contributed by atoms with van der Waals surface area (Å²) in [5.74, 6) is 0.0696. The summed E-state index contributed by atoms with van der Waals surface area (Å²) in [5, 5.41) is 10.4. The van der Waals surface area contributed by atoms with Crippen LogP contribution in [0.1, 0.15) is 13.3 Å². The molecule has 1 aliphatic heterocycles. The number of carbonyl (C=O) groups is 1. The number of hydrogen-bond donors (Lipinski definition) is 2. The molecule has 1 fully saturated rings. The van der Waals surface area contributed by atoms with Gasteiger partial charge in [0.2, 0.25) is 5.91 Å². The van der Waals surface area contributed by atoms with E-state index in [0.717, 1.165) is 30.9 Å². The fraction of sp³-hybridized carbons (Fsp3) is 0.333. The fourth-order valence-electron chi connectivity index (χ4n) is 2.44. The van der Waals surface area contributed by atoms with E-state index in [1.165, 1.54) is 0 Å². The summed E-state index contributed by atoms with van der Waals surface area (Å²) in [4.78, 5) is 12.4. The molecule has 1 unspecified atom stereocenters. The van der Waals surface area contributed by atoms with Gasteiger partial charge in [0, 0.05) is 24.6 Å². The molecule has 1 amide bonds. The summed E-state index contributed by atoms with van der Waals surface area (Å²) < 4.78 is 1.77. The summed E-state index contributed by atoms with van der Waals surface area (Å²) in [6, 6.07) is 9.58. The molecule has 104 valence electrons. The Bertz CT molecular complexity index is 600. The lowest BCUT2D eigenvalue weighted by atomic mass is 9.89. The van der Waals surface area contributed by atoms with Crippen LogP contribution < -0.4 is 10.6 Å². The molecule has 2 aromatic rings. The molecule has 1 aromatic carbocycles. The van der Waals surface area contributed by atoms with Crippen LogP contribution in [0.4, 0.5) is 5.69 Å². The monoisotopic (exact) mass is 270 g/mol. The van der Waals surface area contributed by atoms with Crippen molar-refractivity contribution in [3.8, 4) is 5.69 Å². The van der Waals surface area contributed by atoms with Crippen LogP contribution in [-0.4, -0.2) is 28.8 Å². The molecule has 0 saturated carbocycles. The molecule has 2 heterocycles. The second-order valence-electron chi connectivity index (χ2n) is 5.44. The first-order valence-electron chi connectivity index (χ1n) is 6.80. The van der Waals surface area contributed by atoms with E-state index >= 15 is 0 Å². The number of amides is 1. The molecular formula is C15H18N4O. The van der Waals surface area contributed by atoms with Crippen LogP contribution >= 0.6 is 0 Å². The van der Waals surface area contributed by atoms with Gasteiger partial charge in [0.05, 0.1) is 11.1 Å². The molecule has 3 rings (SSSR count). The maximum absolute atomic E-state index is 12.4. The zero-order valence-corrected chi connectivity index (χ0v) is 11.5. The lowest BCUT2D eigenvalue weighted by Crippen LogP contribution is -2.35. The van der Waals surface area contributed by atoms with Crippen LogP contribution in [-0.2, 0) is 4.79 Å². The molecule has 5 nitrogen and oxygen atoms in total. The van der Waals surface area contributed by atoms with Crippen molar-refractivity contribution in [2.24, 2.45) is 5.41 Å². The molecule has 1 atom stereocenters. The minimum absolute atomic E-state index is 0.0696. The molecule has 0 aliphatic carbocycles. The third kappa shape index (κ3) is 2.44. The Hall–Kier alpha value is -2.14. The smallest absolute Gasteiger partial charge is 0.231 e. The summed E-state index contributed by atoms with van der Waals surface area (Å²) in [6.07, 6.45) is 4.48. The Labute approximate surface area is 118 Å². The molecule has 5 heteroatoms. The van der Waals surface area contributed by atoms with Crippen LogP contribution in [0.15, 0.2) is 42.7 Å². The summed E-state index contributed by atoms with van der Waals surface area (Å²) in [6.45, 7) is 3.63. The standard InChI is InChI=1S/C15H18N4O/c1-15(6-8-16-11-15)14(20)18-12-4-2-5-13(10-12)19-9-3-7-17-19/h2-5,7,9-10,16H,6,8,11H2,1H3,(H,18,20). The highest BCUT2D eigenvalue weighted by Gasteiger charge is 2.36. The first-order chi connectivity index (χ1) is 9.67. The lowest BCUT2D eigenvalue weighted by molar-refractivity contribution is -0.123. The van der Waals surface area contributed by atoms with Gasteiger partial charge in [-0.25, -0.2) is 4.68 Å². The van der Waals surface area contributed by atoms with E-state index in [1.54, 1.807) is 10.9 Å². The van der Waals surface area contributed by atoms with E-state index in [4.69, 9.17) is 0 Å². The van der Waals surface area contributed by atoms with Crippen LogP contribution in [0.3, 0.4) is 0 Å². The van der Waals surface area contributed by atoms with Crippen molar-refractivity contribution in [1.82, 2.24) is 15.1 Å². The average molecular weight is 270 g/mol. The number of nitrogens with one attached hydrogen (secondary N) is 2. The second kappa shape index (κ2) is 5.09. The molecule has 1 aliphatic rings. The van der Waals surface area contributed by atoms with Gasteiger partial charge in [0.1, 0.15) is 0 Å². The minimum Gasteiger partial charge on any atom is -0.326 e. The van der Waals surface area contributed by atoms with E-state index in [0.29, 0.717) is 0 Å². The average Bonchev–Trinajstić information content (AvgIpc) is 3.11. The van der Waals surface area contributed by atoms with Gasteiger partial charge in [-0.05, 0) is 44.2 Å². The van der Waals surface area contributed by atoms with Crippen LogP contribution in [0.2, 0.25) is 0 Å². The van der Waals surface area contributed by atoms with Crippen LogP contribution in [0.5, 0.6) is 0 Å². The van der Waals surface area contributed by atoms with Crippen molar-refractivity contribution in [2.75, 3.05) is 18.4 Å². The first kappa shape index (κ1) is 12.9. The van der Waals surface area contributed by atoms with Gasteiger partial charge in [-0.1, -0.05) is 6.07 Å². The quantitative estimate of drug-likeness (QED) is 0.894. The molecule has 2 N–H and O–H groups in total. The Kier molecular flexibility index (Phi) is 3.28. The van der Waals surface area contributed by atoms with Gasteiger partial charge < -0.3 is 10.6 Å². The van der Waals surface area contributed by atoms with Crippen molar-refractivity contribution in [3.63, 3.8) is 0 Å². The van der Waals surface area contributed by atoms with Crippen molar-refractivity contribution in [1.29, 1.82) is 0 Å². The number of rotatable bonds is 3. The van der Waals surface area contributed by atoms with Gasteiger partial charge in [0.15, 0.2) is 0 Å². The zero-order chi connectivity index (χ0) is 14.0. The number of aromatic nitrogens is 2. The van der Waals surface area contributed by atoms with Gasteiger partial charge >= 0.3 is 0 Å². The molecular weight excluding hydrogens is 252 g/mol. The number of hydrogen-bond acceptors (Lipinski definition) is 3. The predicted octanol–water partition coefficient (Wildman–Crippen LogP) is 1.81. The maximum Gasteiger partial charge on any atom is 0.231 e. The fourth-order valence-corrected chi connectivity index (χ4v) is 2.44. The number of benzene rings is 1. The van der Waals surface area contributed by atoms with Crippen LogP contribution in [0, 0.1) is 5.41 Å². The summed E-state index contributed by atoms with van der Waals surface area (Å²) in [5.41, 5.74) is 1.42. The van der Waals surface area contributed by atoms with E-state index in [9.17, 15) is 4.79 Å². The molecule has 1 saturated heterocycles. The molecule has 1 aromatic heterocycles. The topological polar surface area (TPSA) is 59.0 Å². The highest BCUT2D eigenvalue weighted by molar-refractivity contribution is 5.95. The largest absolute Gasteiger partial charge is 0.326 e. The Morgan fingerprint density at radius 1 is 1.45 bits per heavy atom. The van der Waals surface area contributed by atoms with Gasteiger partial charge in [0.25, 0.3) is 0 Å². The molecule has 0 spiro atoms. The second-order valence-corrected chi connectivity index (χ2v) is 5.44. The molecule has 20 heavy (non-hydrogen) atoms. The van der Waals surface area contributed by atoms with Gasteiger partial charge in [-0.3, -0.25) is 4.79 Å². The van der Waals surface area contributed by atoms with Crippen LogP contribution in [0.25, 0.3) is 5.69 Å². The molecule has 0 bridgehead atoms. The highest BCUT2D eigenvalue weighted by atomic mass is 16.2. The highest BCUT2D eigenvalue weighted by Crippen LogP contribution is 2.26. The van der Waals surface area contributed by atoms with Crippen molar-refractivity contribution >= 4 is 11.6 Å². The van der Waals surface area contributed by atoms with E-state index < -0.39 is 0 Å². The van der Waals surface area contributed by atoms with Gasteiger partial charge in [-0.15, -0.1) is 0 Å². The third-order valence-electron chi connectivity index (χ3n) is 3.79. The normalized spacial score (nSPS) is 21.9. The predicted molar refractivity (Wildman–Crippen MR) is 77.8 cm³/mol. The van der Waals surface area contributed by atoms with E-state index in [1.807, 2.05) is 43.5 Å². The summed E-state index contributed by atoms with van der Waals surface area (Å²) in [7, 11) is 0. The van der Waals surface area contributed by atoms with Crippen molar-refractivity contribution < 1.29 is 4.79 Å². The Morgan fingerprint density at radius 2 is 2.35 bits per heavy atom. The Morgan fingerprint density at radius 3 is 3.05 bits per heavy atom. The first-order valence-corrected chi connectivity index (χ1v) is 6.80. The Balaban J connectivity index is 1.78. The minimum atomic E-state index is -0.318. The SMILES string of the molecule is CC1(C(=O)Nc2cccc(-n3cccn3)c2)CCNC1. The molecule has 0 radical (unpaired) electrons. The number of nitrogens with zero attached hydrogens (tertiary/aromatic N) is 2. The van der Waals surface area contributed by atoms with E-state index in [2.05, 4.69) is 15.7 Å². The zero-order valence-electron chi connectivity index (χ0n) is 11.5. The maximum atomic E-state index is 12.4. The van der Waals surface area contributed by atoms with E-state index in [-0.39, 0.29) is 11.3 Å². The van der Waals surface area contributed by atoms with Crippen molar-refractivity contribution in [3.05, 3.63) is 42.7 Å². The van der Waals surface area contributed by atoms with Crippen molar-refractivity contribution in [2.45, 2.75) is 13.3 Å². The number of anilines is 1. The lowest BCUT2D eigenvalue weighted by Gasteiger charge is -2.21. The summed E-state index contributed by atoms with van der Waals surface area (Å²) >= 11 is 0. The third-order valence-corrected chi connectivity index (χ3v) is 3.79. The van der Waals surface area contributed by atoms with Gasteiger partial charge in [-0.2, -0.15) is 5.10 Å². The number of carbonyl (C=O) groups excluding carboxylic acids is 1.